The lowest BCUT2D eigenvalue weighted by Gasteiger charge is -2.23. The zero-order valence-electron chi connectivity index (χ0n) is 7.25. The SMILES string of the molecule is CCC(O)C(=O)C(=O)C1CCC1. The molecule has 0 heterocycles. The Morgan fingerprint density at radius 3 is 2.42 bits per heavy atom. The van der Waals surface area contributed by atoms with E-state index in [1.165, 1.54) is 0 Å². The van der Waals surface area contributed by atoms with Crippen LogP contribution in [0.4, 0.5) is 0 Å². The number of hydrogen-bond acceptors (Lipinski definition) is 3. The zero-order chi connectivity index (χ0) is 9.14. The molecule has 0 bridgehead atoms. The van der Waals surface area contributed by atoms with Crippen LogP contribution in [0.15, 0.2) is 0 Å². The Balaban J connectivity index is 2.45. The summed E-state index contributed by atoms with van der Waals surface area (Å²) in [6, 6.07) is 0. The zero-order valence-corrected chi connectivity index (χ0v) is 7.25. The summed E-state index contributed by atoms with van der Waals surface area (Å²) in [5, 5.41) is 9.09. The number of Topliss-reactive ketones (excluding diaryl/α,β-unsaturated/α-hetero) is 2. The molecule has 1 N–H and O–H groups in total. The van der Waals surface area contributed by atoms with Crippen molar-refractivity contribution >= 4 is 11.6 Å². The molecule has 0 aromatic heterocycles. The molecular formula is C9H14O3. The van der Waals surface area contributed by atoms with Gasteiger partial charge in [0.1, 0.15) is 6.10 Å². The van der Waals surface area contributed by atoms with E-state index in [-0.39, 0.29) is 11.7 Å². The van der Waals surface area contributed by atoms with Crippen LogP contribution in [0.1, 0.15) is 32.6 Å². The molecule has 3 heteroatoms. The van der Waals surface area contributed by atoms with E-state index in [1.54, 1.807) is 6.92 Å². The molecule has 0 amide bonds. The van der Waals surface area contributed by atoms with Gasteiger partial charge in [-0.15, -0.1) is 0 Å². The number of aliphatic hydroxyl groups excluding tert-OH is 1. The van der Waals surface area contributed by atoms with Crippen LogP contribution in [0.5, 0.6) is 0 Å². The van der Waals surface area contributed by atoms with Gasteiger partial charge in [0.05, 0.1) is 0 Å². The molecule has 0 aromatic rings. The van der Waals surface area contributed by atoms with Crippen molar-refractivity contribution in [3.8, 4) is 0 Å². The first-order valence-electron chi connectivity index (χ1n) is 4.43. The third kappa shape index (κ3) is 1.72. The van der Waals surface area contributed by atoms with Gasteiger partial charge in [-0.05, 0) is 19.3 Å². The van der Waals surface area contributed by atoms with Crippen molar-refractivity contribution in [2.24, 2.45) is 5.92 Å². The van der Waals surface area contributed by atoms with Crippen molar-refractivity contribution in [1.29, 1.82) is 0 Å². The minimum atomic E-state index is -1.07. The molecule has 1 aliphatic carbocycles. The summed E-state index contributed by atoms with van der Waals surface area (Å²) in [7, 11) is 0. The van der Waals surface area contributed by atoms with Gasteiger partial charge in [-0.25, -0.2) is 0 Å². The predicted molar refractivity (Wildman–Crippen MR) is 43.7 cm³/mol. The molecule has 0 radical (unpaired) electrons. The van der Waals surface area contributed by atoms with Crippen LogP contribution in [0, 0.1) is 5.92 Å². The van der Waals surface area contributed by atoms with E-state index < -0.39 is 11.9 Å². The highest BCUT2D eigenvalue weighted by Gasteiger charge is 2.32. The Bertz CT molecular complexity index is 179. The highest BCUT2D eigenvalue weighted by molar-refractivity contribution is 6.39. The van der Waals surface area contributed by atoms with Crippen molar-refractivity contribution in [3.05, 3.63) is 0 Å². The standard InChI is InChI=1S/C9H14O3/c1-2-7(10)9(12)8(11)6-4-3-5-6/h6-7,10H,2-5H2,1H3. The Morgan fingerprint density at radius 2 is 2.08 bits per heavy atom. The summed E-state index contributed by atoms with van der Waals surface area (Å²) in [5.41, 5.74) is 0. The number of rotatable bonds is 4. The molecule has 0 saturated heterocycles. The van der Waals surface area contributed by atoms with Gasteiger partial charge in [-0.3, -0.25) is 9.59 Å². The average molecular weight is 170 g/mol. The quantitative estimate of drug-likeness (QED) is 0.632. The lowest BCUT2D eigenvalue weighted by Crippen LogP contribution is -2.35. The Kier molecular flexibility index (Phi) is 2.98. The summed E-state index contributed by atoms with van der Waals surface area (Å²) < 4.78 is 0. The van der Waals surface area contributed by atoms with Crippen LogP contribution in [-0.4, -0.2) is 22.8 Å². The molecule has 1 aliphatic rings. The largest absolute Gasteiger partial charge is 0.385 e. The first-order valence-corrected chi connectivity index (χ1v) is 4.43. The van der Waals surface area contributed by atoms with Crippen LogP contribution in [0.25, 0.3) is 0 Å². The fourth-order valence-electron chi connectivity index (χ4n) is 1.22. The van der Waals surface area contributed by atoms with E-state index in [9.17, 15) is 9.59 Å². The van der Waals surface area contributed by atoms with Gasteiger partial charge in [0.2, 0.25) is 11.6 Å². The van der Waals surface area contributed by atoms with Gasteiger partial charge in [0, 0.05) is 5.92 Å². The number of ketones is 2. The summed E-state index contributed by atoms with van der Waals surface area (Å²) in [5.74, 6) is -1.04. The number of aliphatic hydroxyl groups is 1. The molecule has 12 heavy (non-hydrogen) atoms. The number of carbonyl (C=O) groups is 2. The molecule has 1 rings (SSSR count). The van der Waals surface area contributed by atoms with Crippen molar-refractivity contribution in [2.45, 2.75) is 38.7 Å². The second-order valence-electron chi connectivity index (χ2n) is 3.28. The third-order valence-corrected chi connectivity index (χ3v) is 2.41. The molecular weight excluding hydrogens is 156 g/mol. The molecule has 1 saturated carbocycles. The number of carbonyl (C=O) groups excluding carboxylic acids is 2. The smallest absolute Gasteiger partial charge is 0.226 e. The molecule has 3 nitrogen and oxygen atoms in total. The van der Waals surface area contributed by atoms with E-state index >= 15 is 0 Å². The first-order chi connectivity index (χ1) is 5.66. The van der Waals surface area contributed by atoms with Crippen molar-refractivity contribution in [3.63, 3.8) is 0 Å². The van der Waals surface area contributed by atoms with E-state index in [0.717, 1.165) is 19.3 Å². The van der Waals surface area contributed by atoms with Gasteiger partial charge in [-0.1, -0.05) is 13.3 Å². The van der Waals surface area contributed by atoms with Gasteiger partial charge in [0.15, 0.2) is 0 Å². The lowest BCUT2D eigenvalue weighted by atomic mass is 9.80. The number of hydrogen-bond donors (Lipinski definition) is 1. The maximum atomic E-state index is 11.2. The molecule has 1 fully saturated rings. The highest BCUT2D eigenvalue weighted by atomic mass is 16.3. The molecule has 1 unspecified atom stereocenters. The molecule has 0 aliphatic heterocycles. The van der Waals surface area contributed by atoms with Gasteiger partial charge >= 0.3 is 0 Å². The summed E-state index contributed by atoms with van der Waals surface area (Å²) in [6.07, 6.45) is 1.93. The molecule has 68 valence electrons. The van der Waals surface area contributed by atoms with Crippen LogP contribution in [0.3, 0.4) is 0 Å². The molecule has 0 aromatic carbocycles. The Morgan fingerprint density at radius 1 is 1.50 bits per heavy atom. The van der Waals surface area contributed by atoms with E-state index in [1.807, 2.05) is 0 Å². The van der Waals surface area contributed by atoms with Gasteiger partial charge in [0.25, 0.3) is 0 Å². The van der Waals surface area contributed by atoms with Crippen LogP contribution < -0.4 is 0 Å². The lowest BCUT2D eigenvalue weighted by molar-refractivity contribution is -0.145. The summed E-state index contributed by atoms with van der Waals surface area (Å²) in [6.45, 7) is 1.69. The Hall–Kier alpha value is -0.700. The monoisotopic (exact) mass is 170 g/mol. The van der Waals surface area contributed by atoms with Crippen LogP contribution in [0.2, 0.25) is 0 Å². The topological polar surface area (TPSA) is 54.4 Å². The fraction of sp³-hybridized carbons (Fsp3) is 0.778. The van der Waals surface area contributed by atoms with Gasteiger partial charge < -0.3 is 5.11 Å². The minimum absolute atomic E-state index is 0.0845. The fourth-order valence-corrected chi connectivity index (χ4v) is 1.22. The van der Waals surface area contributed by atoms with Crippen LogP contribution in [-0.2, 0) is 9.59 Å². The van der Waals surface area contributed by atoms with Crippen molar-refractivity contribution in [2.75, 3.05) is 0 Å². The average Bonchev–Trinajstić information content (AvgIpc) is 1.98. The normalized spacial score (nSPS) is 19.8. The van der Waals surface area contributed by atoms with E-state index in [0.29, 0.717) is 6.42 Å². The van der Waals surface area contributed by atoms with Crippen LogP contribution >= 0.6 is 0 Å². The summed E-state index contributed by atoms with van der Waals surface area (Å²) >= 11 is 0. The third-order valence-electron chi connectivity index (χ3n) is 2.41. The second kappa shape index (κ2) is 3.81. The maximum Gasteiger partial charge on any atom is 0.226 e. The maximum absolute atomic E-state index is 11.2. The highest BCUT2D eigenvalue weighted by Crippen LogP contribution is 2.27. The van der Waals surface area contributed by atoms with E-state index in [4.69, 9.17) is 5.11 Å². The molecule has 1 atom stereocenters. The molecule has 0 spiro atoms. The van der Waals surface area contributed by atoms with Gasteiger partial charge in [-0.2, -0.15) is 0 Å². The first kappa shape index (κ1) is 9.39. The minimum Gasteiger partial charge on any atom is -0.385 e. The second-order valence-corrected chi connectivity index (χ2v) is 3.28. The van der Waals surface area contributed by atoms with Crippen molar-refractivity contribution < 1.29 is 14.7 Å². The predicted octanol–water partition coefficient (Wildman–Crippen LogP) is 0.696. The summed E-state index contributed by atoms with van der Waals surface area (Å²) in [4.78, 5) is 22.3. The Labute approximate surface area is 71.8 Å². The van der Waals surface area contributed by atoms with Crippen molar-refractivity contribution in [1.82, 2.24) is 0 Å². The van der Waals surface area contributed by atoms with E-state index in [2.05, 4.69) is 0 Å².